The van der Waals surface area contributed by atoms with E-state index >= 15 is 0 Å². The number of hydrogen-bond donors (Lipinski definition) is 3. The molecule has 2 atom stereocenters. The predicted molar refractivity (Wildman–Crippen MR) is 59.3 cm³/mol. The molecule has 0 aromatic carbocycles. The third-order valence-electron chi connectivity index (χ3n) is 2.19. The number of aliphatic hydroxyl groups excluding tert-OH is 1. The normalized spacial score (nSPS) is 15.4. The summed E-state index contributed by atoms with van der Waals surface area (Å²) in [6.07, 6.45) is 5.55. The highest BCUT2D eigenvalue weighted by Gasteiger charge is 2.14. The quantitative estimate of drug-likeness (QED) is 0.651. The first-order chi connectivity index (χ1) is 6.77. The Kier molecular flexibility index (Phi) is 5.00. The summed E-state index contributed by atoms with van der Waals surface area (Å²) < 4.78 is 0. The van der Waals surface area contributed by atoms with Gasteiger partial charge in [-0.2, -0.15) is 11.8 Å². The van der Waals surface area contributed by atoms with Crippen molar-refractivity contribution in [2.45, 2.75) is 24.8 Å². The molecular weight excluding hydrogens is 198 g/mol. The monoisotopic (exact) mass is 215 g/mol. The van der Waals surface area contributed by atoms with Gasteiger partial charge in [-0.3, -0.25) is 0 Å². The number of nitrogens with zero attached hydrogens (tertiary/aromatic N) is 1. The van der Waals surface area contributed by atoms with Crippen LogP contribution in [0.25, 0.3) is 0 Å². The number of nitrogens with one attached hydrogen (secondary N) is 2. The molecule has 0 aliphatic heterocycles. The molecule has 3 N–H and O–H groups in total. The van der Waals surface area contributed by atoms with Crippen LogP contribution in [0.15, 0.2) is 12.4 Å². The van der Waals surface area contributed by atoms with Gasteiger partial charge in [0.2, 0.25) is 0 Å². The highest BCUT2D eigenvalue weighted by atomic mass is 32.2. The van der Waals surface area contributed by atoms with Gasteiger partial charge in [0.1, 0.15) is 5.82 Å². The summed E-state index contributed by atoms with van der Waals surface area (Å²) in [4.78, 5) is 7.14. The van der Waals surface area contributed by atoms with Crippen LogP contribution in [0, 0.1) is 0 Å². The van der Waals surface area contributed by atoms with E-state index in [1.807, 2.05) is 6.26 Å². The minimum Gasteiger partial charge on any atom is -0.395 e. The molecule has 1 rings (SSSR count). The van der Waals surface area contributed by atoms with Gasteiger partial charge in [-0.1, -0.05) is 0 Å². The van der Waals surface area contributed by atoms with Crippen molar-refractivity contribution < 1.29 is 5.11 Å². The first kappa shape index (κ1) is 11.6. The summed E-state index contributed by atoms with van der Waals surface area (Å²) in [5.41, 5.74) is 0. The van der Waals surface area contributed by atoms with E-state index in [-0.39, 0.29) is 17.9 Å². The molecule has 0 radical (unpaired) electrons. The molecule has 0 spiro atoms. The van der Waals surface area contributed by atoms with E-state index in [9.17, 15) is 0 Å². The Hall–Kier alpha value is -0.520. The van der Waals surface area contributed by atoms with Crippen LogP contribution in [0.3, 0.4) is 0 Å². The lowest BCUT2D eigenvalue weighted by Crippen LogP contribution is -2.37. The van der Waals surface area contributed by atoms with Gasteiger partial charge in [-0.25, -0.2) is 4.98 Å². The van der Waals surface area contributed by atoms with Gasteiger partial charge in [0.05, 0.1) is 13.2 Å². The van der Waals surface area contributed by atoms with Crippen LogP contribution in [0.4, 0.5) is 0 Å². The van der Waals surface area contributed by atoms with E-state index in [1.165, 1.54) is 0 Å². The largest absolute Gasteiger partial charge is 0.395 e. The fourth-order valence-electron chi connectivity index (χ4n) is 1.22. The SMILES string of the molecule is CSC(CO)C(C)NCc1ncc[nH]1. The molecule has 1 aromatic rings. The van der Waals surface area contributed by atoms with Crippen LogP contribution in [0.2, 0.25) is 0 Å². The van der Waals surface area contributed by atoms with Crippen molar-refractivity contribution in [1.82, 2.24) is 15.3 Å². The topological polar surface area (TPSA) is 60.9 Å². The lowest BCUT2D eigenvalue weighted by atomic mass is 10.2. The molecule has 5 heteroatoms. The van der Waals surface area contributed by atoms with Crippen LogP contribution < -0.4 is 5.32 Å². The second kappa shape index (κ2) is 6.06. The maximum absolute atomic E-state index is 9.07. The predicted octanol–water partition coefficient (Wildman–Crippen LogP) is 0.612. The van der Waals surface area contributed by atoms with Gasteiger partial charge >= 0.3 is 0 Å². The molecule has 4 nitrogen and oxygen atoms in total. The van der Waals surface area contributed by atoms with E-state index in [2.05, 4.69) is 22.2 Å². The minimum atomic E-state index is 0.202. The van der Waals surface area contributed by atoms with E-state index in [1.54, 1.807) is 24.2 Å². The average molecular weight is 215 g/mol. The van der Waals surface area contributed by atoms with Crippen LogP contribution in [-0.4, -0.2) is 39.2 Å². The molecule has 1 aromatic heterocycles. The van der Waals surface area contributed by atoms with Gasteiger partial charge in [0.15, 0.2) is 0 Å². The number of aromatic nitrogens is 2. The summed E-state index contributed by atoms with van der Waals surface area (Å²) in [6.45, 7) is 2.99. The van der Waals surface area contributed by atoms with Crippen molar-refractivity contribution in [3.05, 3.63) is 18.2 Å². The van der Waals surface area contributed by atoms with Gasteiger partial charge in [0.25, 0.3) is 0 Å². The molecule has 1 heterocycles. The zero-order valence-corrected chi connectivity index (χ0v) is 9.34. The summed E-state index contributed by atoms with van der Waals surface area (Å²) in [6, 6.07) is 0.278. The van der Waals surface area contributed by atoms with E-state index < -0.39 is 0 Å². The lowest BCUT2D eigenvalue weighted by Gasteiger charge is -2.20. The standard InChI is InChI=1S/C9H17N3OS/c1-7(8(6-13)14-2)12-5-9-10-3-4-11-9/h3-4,7-8,12-13H,5-6H2,1-2H3,(H,10,11). The molecule has 14 heavy (non-hydrogen) atoms. The highest BCUT2D eigenvalue weighted by molar-refractivity contribution is 7.99. The average Bonchev–Trinajstić information content (AvgIpc) is 2.69. The maximum Gasteiger partial charge on any atom is 0.120 e. The Labute approximate surface area is 88.5 Å². The van der Waals surface area contributed by atoms with Crippen LogP contribution in [0.1, 0.15) is 12.7 Å². The molecule has 0 fully saturated rings. The number of hydrogen-bond acceptors (Lipinski definition) is 4. The van der Waals surface area contributed by atoms with Crippen molar-refractivity contribution in [3.8, 4) is 0 Å². The summed E-state index contributed by atoms with van der Waals surface area (Å²) in [5, 5.41) is 12.6. The lowest BCUT2D eigenvalue weighted by molar-refractivity contribution is 0.275. The molecule has 0 amide bonds. The Morgan fingerprint density at radius 1 is 1.71 bits per heavy atom. The van der Waals surface area contributed by atoms with E-state index in [4.69, 9.17) is 5.11 Å². The van der Waals surface area contributed by atoms with E-state index in [0.29, 0.717) is 6.54 Å². The fraction of sp³-hybridized carbons (Fsp3) is 0.667. The first-order valence-corrected chi connectivity index (χ1v) is 5.92. The Morgan fingerprint density at radius 3 is 3.00 bits per heavy atom. The zero-order chi connectivity index (χ0) is 10.4. The minimum absolute atomic E-state index is 0.202. The van der Waals surface area contributed by atoms with Gasteiger partial charge in [0, 0.05) is 23.7 Å². The third-order valence-corrected chi connectivity index (χ3v) is 3.35. The van der Waals surface area contributed by atoms with Crippen molar-refractivity contribution >= 4 is 11.8 Å². The fourth-order valence-corrected chi connectivity index (χ4v) is 1.87. The molecule has 0 aliphatic rings. The van der Waals surface area contributed by atoms with Crippen LogP contribution in [-0.2, 0) is 6.54 Å². The van der Waals surface area contributed by atoms with Gasteiger partial charge in [-0.15, -0.1) is 0 Å². The molecule has 0 aliphatic carbocycles. The van der Waals surface area contributed by atoms with Crippen LogP contribution >= 0.6 is 11.8 Å². The summed E-state index contributed by atoms with van der Waals surface area (Å²) in [7, 11) is 0. The van der Waals surface area contributed by atoms with Crippen molar-refractivity contribution in [1.29, 1.82) is 0 Å². The highest BCUT2D eigenvalue weighted by Crippen LogP contribution is 2.10. The maximum atomic E-state index is 9.07. The van der Waals surface area contributed by atoms with Crippen molar-refractivity contribution in [3.63, 3.8) is 0 Å². The van der Waals surface area contributed by atoms with E-state index in [0.717, 1.165) is 5.82 Å². The molecule has 0 saturated carbocycles. The number of H-pyrrole nitrogens is 1. The number of rotatable bonds is 6. The molecule has 80 valence electrons. The summed E-state index contributed by atoms with van der Waals surface area (Å²) in [5.74, 6) is 0.926. The Bertz CT molecular complexity index is 236. The summed E-state index contributed by atoms with van der Waals surface area (Å²) >= 11 is 1.67. The smallest absolute Gasteiger partial charge is 0.120 e. The van der Waals surface area contributed by atoms with Gasteiger partial charge in [-0.05, 0) is 13.2 Å². The molecule has 2 unspecified atom stereocenters. The zero-order valence-electron chi connectivity index (χ0n) is 8.53. The molecule has 0 bridgehead atoms. The second-order valence-electron chi connectivity index (χ2n) is 3.16. The Balaban J connectivity index is 2.30. The number of aromatic amines is 1. The second-order valence-corrected chi connectivity index (χ2v) is 4.24. The molecule has 0 saturated heterocycles. The van der Waals surface area contributed by atoms with Gasteiger partial charge < -0.3 is 15.4 Å². The Morgan fingerprint density at radius 2 is 2.50 bits per heavy atom. The van der Waals surface area contributed by atoms with Crippen molar-refractivity contribution in [2.75, 3.05) is 12.9 Å². The van der Waals surface area contributed by atoms with Crippen LogP contribution in [0.5, 0.6) is 0 Å². The first-order valence-electron chi connectivity index (χ1n) is 4.63. The number of imidazole rings is 1. The number of thioether (sulfide) groups is 1. The third kappa shape index (κ3) is 3.32. The van der Waals surface area contributed by atoms with Crippen molar-refractivity contribution in [2.24, 2.45) is 0 Å². The molecular formula is C9H17N3OS. The number of aliphatic hydroxyl groups is 1.